The van der Waals surface area contributed by atoms with Crippen molar-refractivity contribution in [1.29, 1.82) is 0 Å². The Bertz CT molecular complexity index is 254. The van der Waals surface area contributed by atoms with Gasteiger partial charge in [0, 0.05) is 26.4 Å². The smallest absolute Gasteiger partial charge is 0.150 e. The molecule has 74 valence electrons. The summed E-state index contributed by atoms with van der Waals surface area (Å²) in [6, 6.07) is 0. The van der Waals surface area contributed by atoms with E-state index in [0.717, 1.165) is 37.6 Å². The Labute approximate surface area is 79.4 Å². The Hall–Kier alpha value is -0.900. The summed E-state index contributed by atoms with van der Waals surface area (Å²) < 4.78 is 1.87. The van der Waals surface area contributed by atoms with Crippen molar-refractivity contribution in [3.63, 3.8) is 0 Å². The molecule has 0 spiro atoms. The van der Waals surface area contributed by atoms with Crippen molar-refractivity contribution < 1.29 is 0 Å². The number of likely N-dealkylation sites (N-methyl/N-ethyl adjacent to an activating group) is 1. The van der Waals surface area contributed by atoms with Crippen LogP contribution in [0, 0.1) is 0 Å². The van der Waals surface area contributed by atoms with Crippen LogP contribution in [0.1, 0.15) is 25.5 Å². The van der Waals surface area contributed by atoms with Crippen molar-refractivity contribution in [3.8, 4) is 0 Å². The fourth-order valence-electron chi connectivity index (χ4n) is 1.22. The molecule has 0 aliphatic carbocycles. The molecule has 0 bridgehead atoms. The molecule has 0 aliphatic rings. The quantitative estimate of drug-likeness (QED) is 0.675. The van der Waals surface area contributed by atoms with E-state index in [1.807, 2.05) is 11.7 Å². The Kier molecular flexibility index (Phi) is 3.89. The van der Waals surface area contributed by atoms with Gasteiger partial charge in [0.25, 0.3) is 0 Å². The van der Waals surface area contributed by atoms with Crippen molar-refractivity contribution >= 4 is 0 Å². The molecule has 0 unspecified atom stereocenters. The second kappa shape index (κ2) is 4.97. The van der Waals surface area contributed by atoms with Crippen LogP contribution in [0.4, 0.5) is 0 Å². The van der Waals surface area contributed by atoms with Crippen LogP contribution in [0.2, 0.25) is 0 Å². The maximum absolute atomic E-state index is 4.41. The van der Waals surface area contributed by atoms with E-state index in [1.165, 1.54) is 0 Å². The zero-order chi connectivity index (χ0) is 9.68. The van der Waals surface area contributed by atoms with Gasteiger partial charge >= 0.3 is 0 Å². The third-order valence-electron chi connectivity index (χ3n) is 1.99. The molecule has 1 rings (SSSR count). The van der Waals surface area contributed by atoms with E-state index in [0.29, 0.717) is 0 Å². The minimum Gasteiger partial charge on any atom is -0.317 e. The summed E-state index contributed by atoms with van der Waals surface area (Å²) in [6.07, 6.45) is 1.87. The first-order valence-corrected chi connectivity index (χ1v) is 4.87. The van der Waals surface area contributed by atoms with E-state index in [1.54, 1.807) is 0 Å². The average molecular weight is 182 g/mol. The SMILES string of the molecule is CCNCCc1nc(CC)nn1C. The van der Waals surface area contributed by atoms with Crippen LogP contribution < -0.4 is 5.32 Å². The molecule has 0 radical (unpaired) electrons. The molecule has 0 saturated carbocycles. The summed E-state index contributed by atoms with van der Waals surface area (Å²) in [5.41, 5.74) is 0. The van der Waals surface area contributed by atoms with Crippen molar-refractivity contribution in [2.45, 2.75) is 26.7 Å². The van der Waals surface area contributed by atoms with E-state index in [4.69, 9.17) is 0 Å². The van der Waals surface area contributed by atoms with Crippen molar-refractivity contribution in [2.24, 2.45) is 7.05 Å². The van der Waals surface area contributed by atoms with Crippen LogP contribution >= 0.6 is 0 Å². The summed E-state index contributed by atoms with van der Waals surface area (Å²) in [6.45, 7) is 6.17. The largest absolute Gasteiger partial charge is 0.317 e. The molecule has 1 N–H and O–H groups in total. The zero-order valence-electron chi connectivity index (χ0n) is 8.67. The highest BCUT2D eigenvalue weighted by molar-refractivity contribution is 4.92. The van der Waals surface area contributed by atoms with Crippen LogP contribution in [0.25, 0.3) is 0 Å². The van der Waals surface area contributed by atoms with Crippen molar-refractivity contribution in [1.82, 2.24) is 20.1 Å². The lowest BCUT2D eigenvalue weighted by molar-refractivity contribution is 0.646. The van der Waals surface area contributed by atoms with Crippen LogP contribution in [0.3, 0.4) is 0 Å². The monoisotopic (exact) mass is 182 g/mol. The third-order valence-corrected chi connectivity index (χ3v) is 1.99. The molecular weight excluding hydrogens is 164 g/mol. The maximum Gasteiger partial charge on any atom is 0.150 e. The van der Waals surface area contributed by atoms with Gasteiger partial charge in [0.1, 0.15) is 5.82 Å². The summed E-state index contributed by atoms with van der Waals surface area (Å²) in [4.78, 5) is 4.41. The lowest BCUT2D eigenvalue weighted by Crippen LogP contribution is -2.17. The number of nitrogens with one attached hydrogen (secondary N) is 1. The summed E-state index contributed by atoms with van der Waals surface area (Å²) >= 11 is 0. The lowest BCUT2D eigenvalue weighted by Gasteiger charge is -1.99. The van der Waals surface area contributed by atoms with E-state index in [2.05, 4.69) is 29.2 Å². The molecule has 0 amide bonds. The molecule has 1 aromatic rings. The lowest BCUT2D eigenvalue weighted by atomic mass is 10.4. The van der Waals surface area contributed by atoms with Crippen LogP contribution in [-0.2, 0) is 19.9 Å². The Balaban J connectivity index is 2.50. The predicted molar refractivity (Wildman–Crippen MR) is 52.6 cm³/mol. The number of rotatable bonds is 5. The van der Waals surface area contributed by atoms with Crippen molar-refractivity contribution in [3.05, 3.63) is 11.6 Å². The van der Waals surface area contributed by atoms with Crippen LogP contribution in [0.5, 0.6) is 0 Å². The fraction of sp³-hybridized carbons (Fsp3) is 0.778. The predicted octanol–water partition coefficient (Wildman–Crippen LogP) is 0.529. The fourth-order valence-corrected chi connectivity index (χ4v) is 1.22. The topological polar surface area (TPSA) is 42.7 Å². The number of hydrogen-bond acceptors (Lipinski definition) is 3. The highest BCUT2D eigenvalue weighted by atomic mass is 15.3. The van der Waals surface area contributed by atoms with Gasteiger partial charge in [0.15, 0.2) is 5.82 Å². The van der Waals surface area contributed by atoms with Crippen LogP contribution in [-0.4, -0.2) is 27.9 Å². The second-order valence-corrected chi connectivity index (χ2v) is 3.02. The van der Waals surface area contributed by atoms with Crippen molar-refractivity contribution in [2.75, 3.05) is 13.1 Å². The van der Waals surface area contributed by atoms with Gasteiger partial charge in [-0.3, -0.25) is 4.68 Å². The molecule has 1 aromatic heterocycles. The molecule has 0 fully saturated rings. The van der Waals surface area contributed by atoms with Gasteiger partial charge in [-0.2, -0.15) is 5.10 Å². The van der Waals surface area contributed by atoms with Crippen LogP contribution in [0.15, 0.2) is 0 Å². The second-order valence-electron chi connectivity index (χ2n) is 3.02. The van der Waals surface area contributed by atoms with Gasteiger partial charge in [-0.25, -0.2) is 4.98 Å². The average Bonchev–Trinajstić information content (AvgIpc) is 2.48. The Morgan fingerprint density at radius 2 is 2.15 bits per heavy atom. The van der Waals surface area contributed by atoms with Gasteiger partial charge in [0.2, 0.25) is 0 Å². The van der Waals surface area contributed by atoms with Gasteiger partial charge in [-0.1, -0.05) is 13.8 Å². The first kappa shape index (κ1) is 10.2. The minimum absolute atomic E-state index is 0.912. The molecule has 0 atom stereocenters. The van der Waals surface area contributed by atoms with Gasteiger partial charge in [-0.05, 0) is 6.54 Å². The summed E-state index contributed by atoms with van der Waals surface area (Å²) in [5, 5.41) is 7.56. The molecule has 13 heavy (non-hydrogen) atoms. The molecule has 0 aliphatic heterocycles. The normalized spacial score (nSPS) is 10.7. The van der Waals surface area contributed by atoms with Gasteiger partial charge in [-0.15, -0.1) is 0 Å². The molecule has 1 heterocycles. The molecular formula is C9H18N4. The maximum atomic E-state index is 4.41. The highest BCUT2D eigenvalue weighted by Crippen LogP contribution is 1.97. The molecule has 4 nitrogen and oxygen atoms in total. The number of hydrogen-bond donors (Lipinski definition) is 1. The Morgan fingerprint density at radius 1 is 1.38 bits per heavy atom. The molecule has 0 aromatic carbocycles. The Morgan fingerprint density at radius 3 is 2.69 bits per heavy atom. The van der Waals surface area contributed by atoms with E-state index in [-0.39, 0.29) is 0 Å². The summed E-state index contributed by atoms with van der Waals surface area (Å²) in [7, 11) is 1.95. The number of aromatic nitrogens is 3. The minimum atomic E-state index is 0.912. The van der Waals surface area contributed by atoms with Gasteiger partial charge in [0.05, 0.1) is 0 Å². The summed E-state index contributed by atoms with van der Waals surface area (Å²) in [5.74, 6) is 2.01. The first-order chi connectivity index (χ1) is 6.27. The van der Waals surface area contributed by atoms with E-state index in [9.17, 15) is 0 Å². The first-order valence-electron chi connectivity index (χ1n) is 4.87. The highest BCUT2D eigenvalue weighted by Gasteiger charge is 2.03. The van der Waals surface area contributed by atoms with E-state index < -0.39 is 0 Å². The number of nitrogens with zero attached hydrogens (tertiary/aromatic N) is 3. The molecule has 0 saturated heterocycles. The van der Waals surface area contributed by atoms with E-state index >= 15 is 0 Å². The molecule has 4 heteroatoms. The van der Waals surface area contributed by atoms with Gasteiger partial charge < -0.3 is 5.32 Å². The third kappa shape index (κ3) is 2.81. The zero-order valence-corrected chi connectivity index (χ0v) is 8.67. The number of aryl methyl sites for hydroxylation is 2. The standard InChI is InChI=1S/C9H18N4/c1-4-8-11-9(13(3)12-8)6-7-10-5-2/h10H,4-7H2,1-3H3.